The van der Waals surface area contributed by atoms with Crippen LogP contribution in [0.3, 0.4) is 0 Å². The third kappa shape index (κ3) is 2.76. The number of benzene rings is 1. The van der Waals surface area contributed by atoms with E-state index < -0.39 is 0 Å². The fraction of sp³-hybridized carbons (Fsp3) is 0.235. The van der Waals surface area contributed by atoms with Gasteiger partial charge in [0.15, 0.2) is 12.4 Å². The van der Waals surface area contributed by atoms with Crippen molar-refractivity contribution in [2.75, 3.05) is 17.2 Å². The molecule has 0 radical (unpaired) electrons. The number of aromatic nitrogens is 1. The van der Waals surface area contributed by atoms with Crippen molar-refractivity contribution in [2.24, 2.45) is 0 Å². The van der Waals surface area contributed by atoms with Crippen LogP contribution in [0.5, 0.6) is 5.75 Å². The maximum absolute atomic E-state index is 12.5. The minimum absolute atomic E-state index is 0.0204. The Morgan fingerprint density at radius 1 is 1.25 bits per heavy atom. The maximum Gasteiger partial charge on any atom is 0.272 e. The predicted octanol–water partition coefficient (Wildman–Crippen LogP) is 2.42. The van der Waals surface area contributed by atoms with E-state index in [1.54, 1.807) is 32.0 Å². The summed E-state index contributed by atoms with van der Waals surface area (Å²) in [4.78, 5) is 38.5. The molecule has 0 aliphatic carbocycles. The van der Waals surface area contributed by atoms with Gasteiger partial charge in [0.2, 0.25) is 0 Å². The van der Waals surface area contributed by atoms with Crippen LogP contribution in [0.15, 0.2) is 18.2 Å². The molecule has 7 nitrogen and oxygen atoms in total. The number of H-pyrrole nitrogens is 1. The van der Waals surface area contributed by atoms with Gasteiger partial charge in [0.1, 0.15) is 11.4 Å². The molecule has 1 aromatic carbocycles. The van der Waals surface area contributed by atoms with Crippen LogP contribution in [0.1, 0.15) is 39.0 Å². The number of anilines is 2. The monoisotopic (exact) mass is 327 g/mol. The van der Waals surface area contributed by atoms with Gasteiger partial charge in [0, 0.05) is 16.9 Å². The van der Waals surface area contributed by atoms with Crippen LogP contribution >= 0.6 is 0 Å². The summed E-state index contributed by atoms with van der Waals surface area (Å²) in [6.45, 7) is 4.94. The number of rotatable bonds is 3. The summed E-state index contributed by atoms with van der Waals surface area (Å²) in [5, 5.41) is 5.44. The number of carbonyl (C=O) groups is 3. The Bertz CT molecular complexity index is 867. The molecule has 2 aromatic rings. The fourth-order valence-electron chi connectivity index (χ4n) is 2.86. The molecule has 24 heavy (non-hydrogen) atoms. The number of ether oxygens (including phenoxy) is 1. The smallest absolute Gasteiger partial charge is 0.272 e. The lowest BCUT2D eigenvalue weighted by Gasteiger charge is -2.18. The molecule has 1 aliphatic rings. The molecule has 0 saturated carbocycles. The van der Waals surface area contributed by atoms with E-state index in [4.69, 9.17) is 4.74 Å². The van der Waals surface area contributed by atoms with E-state index in [2.05, 4.69) is 15.6 Å². The van der Waals surface area contributed by atoms with Crippen LogP contribution in [0.2, 0.25) is 0 Å². The van der Waals surface area contributed by atoms with Gasteiger partial charge in [-0.05, 0) is 44.5 Å². The Labute approximate surface area is 138 Å². The first kappa shape index (κ1) is 15.8. The third-order valence-electron chi connectivity index (χ3n) is 3.89. The fourth-order valence-corrected chi connectivity index (χ4v) is 2.86. The Morgan fingerprint density at radius 2 is 2.00 bits per heavy atom. The van der Waals surface area contributed by atoms with Crippen molar-refractivity contribution in [1.29, 1.82) is 0 Å². The van der Waals surface area contributed by atoms with Gasteiger partial charge in [-0.1, -0.05) is 0 Å². The molecule has 124 valence electrons. The SMILES string of the molecule is CC(=O)c1c(C)[nH]c(C(=O)Nc2ccc3c(c2)NC(=O)CO3)c1C. The molecule has 0 saturated heterocycles. The van der Waals surface area contributed by atoms with E-state index >= 15 is 0 Å². The molecule has 3 rings (SSSR count). The molecule has 2 heterocycles. The lowest BCUT2D eigenvalue weighted by Crippen LogP contribution is -2.25. The van der Waals surface area contributed by atoms with E-state index in [0.29, 0.717) is 39.6 Å². The lowest BCUT2D eigenvalue weighted by atomic mass is 10.1. The summed E-state index contributed by atoms with van der Waals surface area (Å²) >= 11 is 0. The van der Waals surface area contributed by atoms with Crippen molar-refractivity contribution in [3.63, 3.8) is 0 Å². The van der Waals surface area contributed by atoms with Crippen LogP contribution < -0.4 is 15.4 Å². The second kappa shape index (κ2) is 5.84. The van der Waals surface area contributed by atoms with Crippen LogP contribution in [0.4, 0.5) is 11.4 Å². The molecule has 2 amide bonds. The van der Waals surface area contributed by atoms with Gasteiger partial charge < -0.3 is 20.4 Å². The average Bonchev–Trinajstić information content (AvgIpc) is 2.81. The summed E-state index contributed by atoms with van der Waals surface area (Å²) in [5.74, 6) is -0.133. The zero-order chi connectivity index (χ0) is 17.4. The van der Waals surface area contributed by atoms with Crippen LogP contribution in [0, 0.1) is 13.8 Å². The Balaban J connectivity index is 1.86. The highest BCUT2D eigenvalue weighted by Crippen LogP contribution is 2.30. The molecular weight excluding hydrogens is 310 g/mol. The first-order valence-electron chi connectivity index (χ1n) is 7.45. The molecule has 0 bridgehead atoms. The number of fused-ring (bicyclic) bond motifs is 1. The third-order valence-corrected chi connectivity index (χ3v) is 3.89. The van der Waals surface area contributed by atoms with Crippen LogP contribution in [-0.4, -0.2) is 29.2 Å². The van der Waals surface area contributed by atoms with Gasteiger partial charge in [-0.25, -0.2) is 0 Å². The molecule has 1 aliphatic heterocycles. The van der Waals surface area contributed by atoms with Crippen molar-refractivity contribution in [2.45, 2.75) is 20.8 Å². The molecule has 0 atom stereocenters. The van der Waals surface area contributed by atoms with E-state index in [1.807, 2.05) is 0 Å². The standard InChI is InChI=1S/C17H17N3O4/c1-8-15(10(3)21)9(2)18-16(8)17(23)19-11-4-5-13-12(6-11)20-14(22)7-24-13/h4-6,18H,7H2,1-3H3,(H,19,23)(H,20,22). The van der Waals surface area contributed by atoms with E-state index in [0.717, 1.165) is 0 Å². The predicted molar refractivity (Wildman–Crippen MR) is 88.8 cm³/mol. The summed E-state index contributed by atoms with van der Waals surface area (Å²) in [6.07, 6.45) is 0. The van der Waals surface area contributed by atoms with Gasteiger partial charge in [-0.2, -0.15) is 0 Å². The molecular formula is C17H17N3O4. The highest BCUT2D eigenvalue weighted by Gasteiger charge is 2.21. The maximum atomic E-state index is 12.5. The number of aromatic amines is 1. The summed E-state index contributed by atoms with van der Waals surface area (Å²) in [7, 11) is 0. The van der Waals surface area contributed by atoms with E-state index in [1.165, 1.54) is 6.92 Å². The quantitative estimate of drug-likeness (QED) is 0.754. The second-order valence-corrected chi connectivity index (χ2v) is 5.68. The summed E-state index contributed by atoms with van der Waals surface area (Å²) in [6, 6.07) is 4.99. The van der Waals surface area contributed by atoms with Crippen LogP contribution in [0.25, 0.3) is 0 Å². The largest absolute Gasteiger partial charge is 0.482 e. The first-order chi connectivity index (χ1) is 11.4. The van der Waals surface area contributed by atoms with Gasteiger partial charge >= 0.3 is 0 Å². The molecule has 7 heteroatoms. The minimum Gasteiger partial charge on any atom is -0.482 e. The topological polar surface area (TPSA) is 100 Å². The van der Waals surface area contributed by atoms with E-state index in [-0.39, 0.29) is 24.2 Å². The number of amides is 2. The highest BCUT2D eigenvalue weighted by molar-refractivity contribution is 6.08. The number of nitrogens with one attached hydrogen (secondary N) is 3. The summed E-state index contributed by atoms with van der Waals surface area (Å²) < 4.78 is 5.28. The van der Waals surface area contributed by atoms with Crippen molar-refractivity contribution in [3.05, 3.63) is 40.7 Å². The zero-order valence-corrected chi connectivity index (χ0v) is 13.6. The number of aryl methyl sites for hydroxylation is 1. The number of carbonyl (C=O) groups excluding carboxylic acids is 3. The lowest BCUT2D eigenvalue weighted by molar-refractivity contribution is -0.118. The van der Waals surface area contributed by atoms with Crippen molar-refractivity contribution in [1.82, 2.24) is 4.98 Å². The summed E-state index contributed by atoms with van der Waals surface area (Å²) in [5.41, 5.74) is 3.18. The van der Waals surface area contributed by atoms with Crippen molar-refractivity contribution in [3.8, 4) is 5.75 Å². The second-order valence-electron chi connectivity index (χ2n) is 5.68. The highest BCUT2D eigenvalue weighted by atomic mass is 16.5. The van der Waals surface area contributed by atoms with Gasteiger partial charge in [-0.15, -0.1) is 0 Å². The molecule has 1 aromatic heterocycles. The van der Waals surface area contributed by atoms with Gasteiger partial charge in [0.25, 0.3) is 11.8 Å². The Kier molecular flexibility index (Phi) is 3.84. The minimum atomic E-state index is -0.355. The number of hydrogen-bond acceptors (Lipinski definition) is 4. The number of Topliss-reactive ketones (excluding diaryl/α,β-unsaturated/α-hetero) is 1. The normalized spacial score (nSPS) is 12.9. The van der Waals surface area contributed by atoms with Crippen molar-refractivity contribution >= 4 is 29.0 Å². The Hall–Kier alpha value is -3.09. The van der Waals surface area contributed by atoms with Gasteiger partial charge in [-0.3, -0.25) is 14.4 Å². The van der Waals surface area contributed by atoms with Crippen LogP contribution in [-0.2, 0) is 4.79 Å². The number of hydrogen-bond donors (Lipinski definition) is 3. The number of ketones is 1. The van der Waals surface area contributed by atoms with E-state index in [9.17, 15) is 14.4 Å². The molecule has 0 fully saturated rings. The first-order valence-corrected chi connectivity index (χ1v) is 7.45. The molecule has 3 N–H and O–H groups in total. The molecule has 0 unspecified atom stereocenters. The van der Waals surface area contributed by atoms with Gasteiger partial charge in [0.05, 0.1) is 5.69 Å². The average molecular weight is 327 g/mol. The molecule has 0 spiro atoms. The zero-order valence-electron chi connectivity index (χ0n) is 13.6. The van der Waals surface area contributed by atoms with Crippen molar-refractivity contribution < 1.29 is 19.1 Å². The Morgan fingerprint density at radius 3 is 2.67 bits per heavy atom.